The number of aliphatic carboxylic acids is 1. The van der Waals surface area contributed by atoms with E-state index in [-0.39, 0.29) is 18.5 Å². The smallest absolute Gasteiger partial charge is 0.338 e. The molecule has 0 aliphatic rings. The monoisotopic (exact) mass is 345 g/mol. The highest BCUT2D eigenvalue weighted by molar-refractivity contribution is 5.95. The third-order valence-corrected chi connectivity index (χ3v) is 3.76. The van der Waals surface area contributed by atoms with Crippen molar-refractivity contribution in [2.45, 2.75) is 31.8 Å². The van der Waals surface area contributed by atoms with E-state index in [1.165, 1.54) is 22.9 Å². The van der Waals surface area contributed by atoms with Crippen molar-refractivity contribution >= 4 is 11.9 Å². The second-order valence-corrected chi connectivity index (χ2v) is 5.58. The predicted octanol–water partition coefficient (Wildman–Crippen LogP) is 0.281. The molecule has 25 heavy (non-hydrogen) atoms. The van der Waals surface area contributed by atoms with Gasteiger partial charge in [0.2, 0.25) is 0 Å². The summed E-state index contributed by atoms with van der Waals surface area (Å²) in [4.78, 5) is 47.4. The summed E-state index contributed by atoms with van der Waals surface area (Å²) >= 11 is 0. The third kappa shape index (κ3) is 4.51. The lowest BCUT2D eigenvalue weighted by Gasteiger charge is -2.10. The molecule has 0 fully saturated rings. The molecule has 0 unspecified atom stereocenters. The Hall–Kier alpha value is -3.00. The minimum atomic E-state index is -1.07. The third-order valence-electron chi connectivity index (χ3n) is 3.76. The van der Waals surface area contributed by atoms with E-state index in [0.29, 0.717) is 17.4 Å². The lowest BCUT2D eigenvalue weighted by molar-refractivity contribution is -0.138. The molecule has 132 valence electrons. The Bertz CT molecular complexity index is 870. The first-order chi connectivity index (χ1) is 11.9. The van der Waals surface area contributed by atoms with Gasteiger partial charge in [-0.2, -0.15) is 4.57 Å². The number of benzene rings is 1. The van der Waals surface area contributed by atoms with Crippen molar-refractivity contribution in [1.82, 2.24) is 9.13 Å². The number of carbonyl (C=O) groups excluding carboxylic acids is 1. The highest BCUT2D eigenvalue weighted by atomic mass is 16.4. The van der Waals surface area contributed by atoms with Crippen molar-refractivity contribution in [3.63, 3.8) is 0 Å². The van der Waals surface area contributed by atoms with Gasteiger partial charge in [0.05, 0.1) is 0 Å². The van der Waals surface area contributed by atoms with Crippen molar-refractivity contribution in [2.24, 2.45) is 5.73 Å². The van der Waals surface area contributed by atoms with Crippen molar-refractivity contribution in [3.8, 4) is 0 Å². The molecule has 1 atom stereocenters. The molecule has 2 rings (SSSR count). The topological polar surface area (TPSA) is 124 Å². The molecule has 2 aromatic rings. The molecule has 8 heteroatoms. The van der Waals surface area contributed by atoms with Crippen LogP contribution in [-0.4, -0.2) is 32.2 Å². The summed E-state index contributed by atoms with van der Waals surface area (Å²) in [5.74, 6) is -1.75. The zero-order chi connectivity index (χ0) is 18.4. The van der Waals surface area contributed by atoms with Gasteiger partial charge < -0.3 is 15.4 Å². The average Bonchev–Trinajstić information content (AvgIpc) is 2.60. The van der Waals surface area contributed by atoms with Crippen LogP contribution in [0.1, 0.15) is 29.6 Å². The SMILES string of the molecule is N[C@@H](CCCCn1ccc(=O)n(C(=O)c2ccccc2)c1=O)C(=O)O. The van der Waals surface area contributed by atoms with Crippen molar-refractivity contribution in [2.75, 3.05) is 0 Å². The number of aromatic nitrogens is 2. The Morgan fingerprint density at radius 1 is 1.08 bits per heavy atom. The van der Waals surface area contributed by atoms with E-state index in [1.54, 1.807) is 18.2 Å². The first-order valence-corrected chi connectivity index (χ1v) is 7.82. The lowest BCUT2D eigenvalue weighted by Crippen LogP contribution is -2.43. The Balaban J connectivity index is 2.15. The number of nitrogens with two attached hydrogens (primary N) is 1. The van der Waals surface area contributed by atoms with Gasteiger partial charge in [0.25, 0.3) is 11.5 Å². The predicted molar refractivity (Wildman–Crippen MR) is 90.6 cm³/mol. The van der Waals surface area contributed by atoms with Crippen LogP contribution >= 0.6 is 0 Å². The highest BCUT2D eigenvalue weighted by Gasteiger charge is 2.15. The largest absolute Gasteiger partial charge is 0.480 e. The summed E-state index contributed by atoms with van der Waals surface area (Å²) < 4.78 is 1.85. The Morgan fingerprint density at radius 2 is 1.76 bits per heavy atom. The number of unbranched alkanes of at least 4 members (excludes halogenated alkanes) is 1. The Morgan fingerprint density at radius 3 is 2.40 bits per heavy atom. The van der Waals surface area contributed by atoms with Crippen molar-refractivity contribution in [1.29, 1.82) is 0 Å². The molecule has 1 aromatic heterocycles. The van der Waals surface area contributed by atoms with Crippen LogP contribution in [0.25, 0.3) is 0 Å². The molecule has 0 spiro atoms. The number of nitrogens with zero attached hydrogens (tertiary/aromatic N) is 2. The van der Waals surface area contributed by atoms with Crippen LogP contribution in [0.3, 0.4) is 0 Å². The summed E-state index contributed by atoms with van der Waals surface area (Å²) in [5.41, 5.74) is 4.25. The first-order valence-electron chi connectivity index (χ1n) is 7.82. The molecule has 0 radical (unpaired) electrons. The molecule has 3 N–H and O–H groups in total. The van der Waals surface area contributed by atoms with E-state index in [2.05, 4.69) is 0 Å². The second-order valence-electron chi connectivity index (χ2n) is 5.58. The fourth-order valence-corrected chi connectivity index (χ4v) is 2.35. The van der Waals surface area contributed by atoms with Gasteiger partial charge in [0, 0.05) is 24.4 Å². The molecule has 1 heterocycles. The van der Waals surface area contributed by atoms with Crippen LogP contribution in [0.4, 0.5) is 0 Å². The van der Waals surface area contributed by atoms with Crippen LogP contribution in [0.2, 0.25) is 0 Å². The summed E-state index contributed by atoms with van der Waals surface area (Å²) in [7, 11) is 0. The second kappa shape index (κ2) is 8.20. The fourth-order valence-electron chi connectivity index (χ4n) is 2.35. The van der Waals surface area contributed by atoms with E-state index < -0.39 is 29.2 Å². The van der Waals surface area contributed by atoms with Crippen LogP contribution in [0.15, 0.2) is 52.2 Å². The van der Waals surface area contributed by atoms with Crippen LogP contribution in [0.5, 0.6) is 0 Å². The maximum absolute atomic E-state index is 12.4. The minimum Gasteiger partial charge on any atom is -0.480 e. The van der Waals surface area contributed by atoms with Crippen molar-refractivity contribution < 1.29 is 14.7 Å². The minimum absolute atomic E-state index is 0.242. The summed E-state index contributed by atoms with van der Waals surface area (Å²) in [6.45, 7) is 0.257. The number of rotatable bonds is 7. The molecule has 0 aliphatic carbocycles. The molecule has 0 amide bonds. The molecule has 1 aromatic carbocycles. The maximum atomic E-state index is 12.4. The fraction of sp³-hybridized carbons (Fsp3) is 0.294. The van der Waals surface area contributed by atoms with Gasteiger partial charge in [-0.05, 0) is 31.4 Å². The number of aryl methyl sites for hydroxylation is 1. The standard InChI is InChI=1S/C17H19N3O5/c18-13(16(23)24)8-4-5-10-19-11-9-14(21)20(17(19)25)15(22)12-6-2-1-3-7-12/h1-3,6-7,9,11,13H,4-5,8,10,18H2,(H,23,24)/t13-/m0/s1. The molecule has 8 nitrogen and oxygen atoms in total. The maximum Gasteiger partial charge on any atom is 0.338 e. The molecule has 0 saturated heterocycles. The van der Waals surface area contributed by atoms with E-state index in [9.17, 15) is 19.2 Å². The highest BCUT2D eigenvalue weighted by Crippen LogP contribution is 2.02. The van der Waals surface area contributed by atoms with Crippen LogP contribution in [-0.2, 0) is 11.3 Å². The van der Waals surface area contributed by atoms with Crippen LogP contribution < -0.4 is 17.0 Å². The van der Waals surface area contributed by atoms with Gasteiger partial charge in [-0.25, -0.2) is 4.79 Å². The number of carbonyl (C=O) groups is 2. The Labute approximate surface area is 143 Å². The van der Waals surface area contributed by atoms with Gasteiger partial charge in [-0.1, -0.05) is 18.2 Å². The number of carboxylic acid groups (broad SMARTS) is 1. The van der Waals surface area contributed by atoms with Crippen molar-refractivity contribution in [3.05, 3.63) is 69.0 Å². The van der Waals surface area contributed by atoms with Gasteiger partial charge in [0.15, 0.2) is 0 Å². The number of hydrogen-bond donors (Lipinski definition) is 2. The first kappa shape index (κ1) is 18.3. The molecule has 0 saturated carbocycles. The van der Waals surface area contributed by atoms with E-state index in [0.717, 1.165) is 6.07 Å². The average molecular weight is 345 g/mol. The van der Waals surface area contributed by atoms with E-state index in [1.807, 2.05) is 0 Å². The zero-order valence-electron chi connectivity index (χ0n) is 13.5. The van der Waals surface area contributed by atoms with E-state index >= 15 is 0 Å². The molecular formula is C17H19N3O5. The molecule has 0 aliphatic heterocycles. The van der Waals surface area contributed by atoms with E-state index in [4.69, 9.17) is 10.8 Å². The number of hydrogen-bond acceptors (Lipinski definition) is 5. The quantitative estimate of drug-likeness (QED) is 0.695. The lowest BCUT2D eigenvalue weighted by atomic mass is 10.1. The molecule has 0 bridgehead atoms. The Kier molecular flexibility index (Phi) is 6.02. The van der Waals surface area contributed by atoms with Gasteiger partial charge >= 0.3 is 11.7 Å². The zero-order valence-corrected chi connectivity index (χ0v) is 13.5. The summed E-state index contributed by atoms with van der Waals surface area (Å²) in [5, 5.41) is 8.72. The van der Waals surface area contributed by atoms with Gasteiger partial charge in [-0.3, -0.25) is 14.4 Å². The van der Waals surface area contributed by atoms with Gasteiger partial charge in [0.1, 0.15) is 6.04 Å². The van der Waals surface area contributed by atoms with Gasteiger partial charge in [-0.15, -0.1) is 0 Å². The normalized spacial score (nSPS) is 11.9. The number of carboxylic acids is 1. The molecular weight excluding hydrogens is 326 g/mol. The summed E-state index contributed by atoms with van der Waals surface area (Å²) in [6, 6.07) is 8.29. The van der Waals surface area contributed by atoms with Crippen LogP contribution in [0, 0.1) is 0 Å². The summed E-state index contributed by atoms with van der Waals surface area (Å²) in [6.07, 6.45) is 2.62.